The van der Waals surface area contributed by atoms with Crippen LogP contribution in [0.4, 0.5) is 9.18 Å². The molecule has 29 heavy (non-hydrogen) atoms. The summed E-state index contributed by atoms with van der Waals surface area (Å²) in [5, 5.41) is 0. The lowest BCUT2D eigenvalue weighted by molar-refractivity contribution is -0.140. The summed E-state index contributed by atoms with van der Waals surface area (Å²) in [7, 11) is 1.63. The molecule has 0 radical (unpaired) electrons. The van der Waals surface area contributed by atoms with Crippen molar-refractivity contribution < 1.29 is 18.8 Å². The molecule has 0 unspecified atom stereocenters. The summed E-state index contributed by atoms with van der Waals surface area (Å²) in [6.45, 7) is 3.50. The van der Waals surface area contributed by atoms with Crippen LogP contribution in [0.5, 0.6) is 0 Å². The van der Waals surface area contributed by atoms with E-state index in [2.05, 4.69) is 22.5 Å². The molecule has 2 fully saturated rings. The van der Waals surface area contributed by atoms with Crippen molar-refractivity contribution in [3.8, 4) is 0 Å². The van der Waals surface area contributed by atoms with Crippen LogP contribution in [0.15, 0.2) is 35.3 Å². The summed E-state index contributed by atoms with van der Waals surface area (Å²) in [4.78, 5) is 42.7. The molecule has 1 aromatic rings. The van der Waals surface area contributed by atoms with Gasteiger partial charge in [0.2, 0.25) is 5.91 Å². The van der Waals surface area contributed by atoms with Crippen molar-refractivity contribution >= 4 is 33.8 Å². The Labute approximate surface area is 178 Å². The third kappa shape index (κ3) is 4.08. The summed E-state index contributed by atoms with van der Waals surface area (Å²) in [5.74, 6) is -1.15. The van der Waals surface area contributed by atoms with Crippen LogP contribution in [-0.2, 0) is 16.1 Å². The number of benzene rings is 1. The number of hydrogen-bond donors (Lipinski definition) is 0. The quantitative estimate of drug-likeness (QED) is 0.475. The van der Waals surface area contributed by atoms with E-state index in [9.17, 15) is 18.8 Å². The second-order valence-corrected chi connectivity index (χ2v) is 8.54. The lowest BCUT2D eigenvalue weighted by atomic mass is 9.81. The van der Waals surface area contributed by atoms with E-state index in [0.29, 0.717) is 22.9 Å². The highest BCUT2D eigenvalue weighted by Crippen LogP contribution is 2.39. The Bertz CT molecular complexity index is 838. The first-order valence-electron chi connectivity index (χ1n) is 9.72. The molecule has 3 rings (SSSR count). The van der Waals surface area contributed by atoms with E-state index in [0.717, 1.165) is 24.2 Å². The smallest absolute Gasteiger partial charge is 0.327 e. The van der Waals surface area contributed by atoms with Crippen LogP contribution in [0.2, 0.25) is 0 Å². The fourth-order valence-corrected chi connectivity index (χ4v) is 4.60. The van der Waals surface area contributed by atoms with Crippen LogP contribution in [-0.4, -0.2) is 58.2 Å². The minimum atomic E-state index is -0.824. The predicted molar refractivity (Wildman–Crippen MR) is 110 cm³/mol. The van der Waals surface area contributed by atoms with Gasteiger partial charge in [0.05, 0.1) is 0 Å². The highest BCUT2D eigenvalue weighted by molar-refractivity contribution is 9.10. The number of nitrogens with zero attached hydrogens (tertiary/aromatic N) is 3. The molecular weight excluding hydrogens is 441 g/mol. The Balaban J connectivity index is 1.77. The van der Waals surface area contributed by atoms with Gasteiger partial charge in [-0.1, -0.05) is 41.3 Å². The second kappa shape index (κ2) is 8.65. The third-order valence-corrected chi connectivity index (χ3v) is 6.34. The molecule has 1 aliphatic heterocycles. The second-order valence-electron chi connectivity index (χ2n) is 7.62. The number of likely N-dealkylation sites (N-methyl/N-ethyl adjacent to an activating group) is 1. The fourth-order valence-electron chi connectivity index (χ4n) is 4.19. The van der Waals surface area contributed by atoms with Crippen molar-refractivity contribution in [3.63, 3.8) is 0 Å². The molecule has 1 heterocycles. The van der Waals surface area contributed by atoms with Gasteiger partial charge in [0.25, 0.3) is 5.91 Å². The van der Waals surface area contributed by atoms with Crippen molar-refractivity contribution in [2.75, 3.05) is 20.1 Å². The van der Waals surface area contributed by atoms with Gasteiger partial charge in [0, 0.05) is 30.2 Å². The molecule has 1 saturated carbocycles. The molecule has 1 aromatic carbocycles. The molecular formula is C21H25BrFN3O3. The Kier molecular flexibility index (Phi) is 6.41. The molecule has 0 atom stereocenters. The predicted octanol–water partition coefficient (Wildman–Crippen LogP) is 3.70. The van der Waals surface area contributed by atoms with Crippen molar-refractivity contribution in [1.82, 2.24) is 14.7 Å². The molecule has 0 bridgehead atoms. The molecule has 1 spiro atoms. The number of imide groups is 1. The van der Waals surface area contributed by atoms with Gasteiger partial charge in [0.1, 0.15) is 17.9 Å². The van der Waals surface area contributed by atoms with Crippen LogP contribution in [0.1, 0.15) is 37.7 Å². The Hall–Kier alpha value is -2.22. The van der Waals surface area contributed by atoms with Gasteiger partial charge in [-0.2, -0.15) is 0 Å². The Morgan fingerprint density at radius 1 is 1.31 bits per heavy atom. The normalized spacial score (nSPS) is 18.4. The molecule has 2 aliphatic rings. The van der Waals surface area contributed by atoms with E-state index in [1.165, 1.54) is 21.9 Å². The van der Waals surface area contributed by atoms with Crippen molar-refractivity contribution in [2.45, 2.75) is 44.2 Å². The summed E-state index contributed by atoms with van der Waals surface area (Å²) in [6, 6.07) is 4.07. The topological polar surface area (TPSA) is 60.9 Å². The van der Waals surface area contributed by atoms with Gasteiger partial charge in [-0.25, -0.2) is 9.18 Å². The zero-order valence-corrected chi connectivity index (χ0v) is 18.1. The van der Waals surface area contributed by atoms with Crippen LogP contribution < -0.4 is 0 Å². The Morgan fingerprint density at radius 2 is 2.00 bits per heavy atom. The zero-order valence-electron chi connectivity index (χ0n) is 16.5. The van der Waals surface area contributed by atoms with Crippen LogP contribution in [0, 0.1) is 5.82 Å². The number of amides is 4. The highest BCUT2D eigenvalue weighted by atomic mass is 79.9. The van der Waals surface area contributed by atoms with Gasteiger partial charge in [-0.05, 0) is 31.0 Å². The molecule has 1 saturated heterocycles. The minimum Gasteiger partial charge on any atom is -0.333 e. The third-order valence-electron chi connectivity index (χ3n) is 5.85. The maximum atomic E-state index is 14.1. The first kappa shape index (κ1) is 21.5. The molecule has 156 valence electrons. The van der Waals surface area contributed by atoms with Gasteiger partial charge >= 0.3 is 6.03 Å². The summed E-state index contributed by atoms with van der Waals surface area (Å²) >= 11 is 3.30. The van der Waals surface area contributed by atoms with E-state index in [-0.39, 0.29) is 25.5 Å². The molecule has 0 aromatic heterocycles. The number of halogens is 2. The monoisotopic (exact) mass is 465 g/mol. The number of carbonyl (C=O) groups excluding carboxylic acids is 3. The maximum absolute atomic E-state index is 14.1. The number of hydrogen-bond acceptors (Lipinski definition) is 3. The molecule has 8 heteroatoms. The maximum Gasteiger partial charge on any atom is 0.327 e. The van der Waals surface area contributed by atoms with E-state index < -0.39 is 23.3 Å². The first-order valence-corrected chi connectivity index (χ1v) is 10.5. The number of urea groups is 1. The van der Waals surface area contributed by atoms with Gasteiger partial charge in [0.15, 0.2) is 0 Å². The SMILES string of the molecule is C=CCN(Cc1cc(Br)ccc1F)C(=O)CN1C(=O)N(C)C2(CCCCC2)C1=O. The van der Waals surface area contributed by atoms with Crippen molar-refractivity contribution in [1.29, 1.82) is 0 Å². The molecule has 1 aliphatic carbocycles. The Morgan fingerprint density at radius 3 is 2.66 bits per heavy atom. The average molecular weight is 466 g/mol. The minimum absolute atomic E-state index is 0.0212. The van der Waals surface area contributed by atoms with Gasteiger partial charge in [-0.3, -0.25) is 14.5 Å². The summed E-state index contributed by atoms with van der Waals surface area (Å²) in [6.07, 6.45) is 5.60. The van der Waals surface area contributed by atoms with Crippen molar-refractivity contribution in [3.05, 3.63) is 46.7 Å². The fraction of sp³-hybridized carbons (Fsp3) is 0.476. The summed E-state index contributed by atoms with van der Waals surface area (Å²) in [5.41, 5.74) is -0.482. The standard InChI is InChI=1S/C21H25BrFN3O3/c1-3-11-25(13-15-12-16(22)7-8-17(15)23)18(27)14-26-19(28)21(24(2)20(26)29)9-5-4-6-10-21/h3,7-8,12H,1,4-6,9-11,13-14H2,2H3. The number of carbonyl (C=O) groups is 3. The average Bonchev–Trinajstić information content (AvgIpc) is 2.87. The van der Waals surface area contributed by atoms with E-state index in [1.807, 2.05) is 0 Å². The van der Waals surface area contributed by atoms with E-state index >= 15 is 0 Å². The van der Waals surface area contributed by atoms with E-state index in [1.54, 1.807) is 19.2 Å². The number of rotatable bonds is 6. The highest BCUT2D eigenvalue weighted by Gasteiger charge is 2.55. The van der Waals surface area contributed by atoms with Gasteiger partial charge in [-0.15, -0.1) is 6.58 Å². The largest absolute Gasteiger partial charge is 0.333 e. The lowest BCUT2D eigenvalue weighted by Crippen LogP contribution is -2.49. The van der Waals surface area contributed by atoms with Gasteiger partial charge < -0.3 is 9.80 Å². The lowest BCUT2D eigenvalue weighted by Gasteiger charge is -2.35. The van der Waals surface area contributed by atoms with Crippen molar-refractivity contribution in [2.24, 2.45) is 0 Å². The molecule has 6 nitrogen and oxygen atoms in total. The first-order chi connectivity index (χ1) is 13.8. The zero-order chi connectivity index (χ0) is 21.2. The van der Waals surface area contributed by atoms with Crippen LogP contribution in [0.25, 0.3) is 0 Å². The van der Waals surface area contributed by atoms with Crippen LogP contribution >= 0.6 is 15.9 Å². The van der Waals surface area contributed by atoms with E-state index in [4.69, 9.17) is 0 Å². The summed E-state index contributed by atoms with van der Waals surface area (Å²) < 4.78 is 14.8. The molecule has 4 amide bonds. The molecule has 0 N–H and O–H groups in total. The van der Waals surface area contributed by atoms with Crippen LogP contribution in [0.3, 0.4) is 0 Å².